The predicted octanol–water partition coefficient (Wildman–Crippen LogP) is 4.35. The van der Waals surface area contributed by atoms with Gasteiger partial charge in [0.2, 0.25) is 0 Å². The molecule has 0 spiro atoms. The second kappa shape index (κ2) is 11.1. The molecule has 2 amide bonds. The molecule has 2 aromatic carbocycles. The van der Waals surface area contributed by atoms with Crippen molar-refractivity contribution < 1.29 is 14.3 Å². The fourth-order valence-electron chi connectivity index (χ4n) is 4.01. The Balaban J connectivity index is 1.22. The minimum absolute atomic E-state index is 0.129. The van der Waals surface area contributed by atoms with Crippen molar-refractivity contribution in [3.63, 3.8) is 0 Å². The van der Waals surface area contributed by atoms with Gasteiger partial charge in [0.1, 0.15) is 11.4 Å². The highest BCUT2D eigenvalue weighted by molar-refractivity contribution is 6.11. The van der Waals surface area contributed by atoms with Gasteiger partial charge in [0.25, 0.3) is 11.8 Å². The van der Waals surface area contributed by atoms with E-state index in [0.29, 0.717) is 18.0 Å². The molecular weight excluding hydrogens is 496 g/mol. The lowest BCUT2D eigenvalue weighted by atomic mass is 10.1. The summed E-state index contributed by atoms with van der Waals surface area (Å²) < 4.78 is 10.5. The van der Waals surface area contributed by atoms with Crippen LogP contribution in [0.4, 0.5) is 11.4 Å². The summed E-state index contributed by atoms with van der Waals surface area (Å²) in [5.41, 5.74) is 4.30. The number of nitrogens with zero attached hydrogens (tertiary/aromatic N) is 6. The Hall–Kier alpha value is -5.19. The quantitative estimate of drug-likeness (QED) is 0.296. The Morgan fingerprint density at radius 3 is 2.26 bits per heavy atom. The molecule has 0 aliphatic rings. The summed E-state index contributed by atoms with van der Waals surface area (Å²) in [6.45, 7) is 4.29. The minimum Gasteiger partial charge on any atom is -0.471 e. The third kappa shape index (κ3) is 5.57. The lowest BCUT2D eigenvalue weighted by Crippen LogP contribution is -2.21. The van der Waals surface area contributed by atoms with Crippen molar-refractivity contribution in [1.82, 2.24) is 29.3 Å². The largest absolute Gasteiger partial charge is 0.471 e. The Bertz CT molecular complexity index is 1600. The number of carbonyl (C=O) groups excluding carboxylic acids is 2. The Morgan fingerprint density at radius 1 is 0.872 bits per heavy atom. The SMILES string of the molecule is CCn1ncc(NC(=O)c2ccn(COc3ccc(-c4ccccc4)cc3)n2)c1C(=O)Nc1cnn(C)c1C. The van der Waals surface area contributed by atoms with Crippen molar-refractivity contribution in [2.45, 2.75) is 27.1 Å². The molecule has 2 N–H and O–H groups in total. The van der Waals surface area contributed by atoms with Crippen molar-refractivity contribution in [2.75, 3.05) is 10.6 Å². The molecule has 5 rings (SSSR count). The molecule has 0 saturated heterocycles. The van der Waals surface area contributed by atoms with Crippen LogP contribution in [0.1, 0.15) is 33.6 Å². The summed E-state index contributed by atoms with van der Waals surface area (Å²) in [6.07, 6.45) is 4.68. The first kappa shape index (κ1) is 25.5. The highest BCUT2D eigenvalue weighted by Crippen LogP contribution is 2.23. The average molecular weight is 525 g/mol. The molecule has 0 radical (unpaired) electrons. The summed E-state index contributed by atoms with van der Waals surface area (Å²) in [4.78, 5) is 26.0. The van der Waals surface area contributed by atoms with E-state index in [1.807, 2.05) is 56.3 Å². The highest BCUT2D eigenvalue weighted by Gasteiger charge is 2.22. The zero-order valence-electron chi connectivity index (χ0n) is 21.8. The van der Waals surface area contributed by atoms with Gasteiger partial charge in [-0.15, -0.1) is 0 Å². The molecule has 11 heteroatoms. The Morgan fingerprint density at radius 2 is 1.56 bits per heavy atom. The van der Waals surface area contributed by atoms with E-state index in [1.165, 1.54) is 15.6 Å². The fraction of sp³-hybridized carbons (Fsp3) is 0.179. The molecular formula is C28H28N8O3. The maximum atomic E-state index is 13.1. The van der Waals surface area contributed by atoms with Crippen LogP contribution < -0.4 is 15.4 Å². The molecule has 3 aromatic heterocycles. The molecule has 0 saturated carbocycles. The van der Waals surface area contributed by atoms with Crippen molar-refractivity contribution in [3.8, 4) is 16.9 Å². The molecule has 3 heterocycles. The molecule has 0 atom stereocenters. The van der Waals surface area contributed by atoms with Crippen LogP contribution in [0.3, 0.4) is 0 Å². The standard InChI is InChI=1S/C28H28N8O3/c1-4-36-26(28(38)31-24-16-29-34(3)19(24)2)25(17-30-36)32-27(37)23-14-15-35(33-23)18-39-22-12-10-21(11-13-22)20-8-6-5-7-9-20/h5-17H,4,18H2,1-3H3,(H,31,38)(H,32,37). The van der Waals surface area contributed by atoms with Gasteiger partial charge in [0.05, 0.1) is 29.5 Å². The summed E-state index contributed by atoms with van der Waals surface area (Å²) in [6, 6.07) is 19.4. The second-order valence-corrected chi connectivity index (χ2v) is 8.80. The van der Waals surface area contributed by atoms with Gasteiger partial charge in [0, 0.05) is 19.8 Å². The van der Waals surface area contributed by atoms with E-state index in [4.69, 9.17) is 4.74 Å². The summed E-state index contributed by atoms with van der Waals surface area (Å²) >= 11 is 0. The van der Waals surface area contributed by atoms with Crippen LogP contribution in [0, 0.1) is 6.92 Å². The molecule has 11 nitrogen and oxygen atoms in total. The van der Waals surface area contributed by atoms with Gasteiger partial charge < -0.3 is 15.4 Å². The predicted molar refractivity (Wildman–Crippen MR) is 146 cm³/mol. The zero-order chi connectivity index (χ0) is 27.4. The zero-order valence-corrected chi connectivity index (χ0v) is 21.8. The second-order valence-electron chi connectivity index (χ2n) is 8.80. The number of nitrogens with one attached hydrogen (secondary N) is 2. The average Bonchev–Trinajstić information content (AvgIpc) is 3.68. The summed E-state index contributed by atoms with van der Waals surface area (Å²) in [5.74, 6) is -0.191. The topological polar surface area (TPSA) is 121 Å². The number of amides is 2. The molecule has 39 heavy (non-hydrogen) atoms. The summed E-state index contributed by atoms with van der Waals surface area (Å²) in [5, 5.41) is 18.3. The van der Waals surface area contributed by atoms with Crippen LogP contribution in [-0.4, -0.2) is 41.2 Å². The molecule has 0 fully saturated rings. The Kier molecular flexibility index (Phi) is 7.21. The molecule has 0 aliphatic carbocycles. The normalized spacial score (nSPS) is 10.8. The molecule has 5 aromatic rings. The maximum absolute atomic E-state index is 13.1. The number of benzene rings is 2. The number of carbonyl (C=O) groups is 2. The van der Waals surface area contributed by atoms with Gasteiger partial charge in [0.15, 0.2) is 12.4 Å². The number of aryl methyl sites for hydroxylation is 2. The van der Waals surface area contributed by atoms with E-state index >= 15 is 0 Å². The van der Waals surface area contributed by atoms with E-state index in [9.17, 15) is 9.59 Å². The lowest BCUT2D eigenvalue weighted by Gasteiger charge is -2.09. The van der Waals surface area contributed by atoms with Crippen LogP contribution in [0.5, 0.6) is 5.75 Å². The van der Waals surface area contributed by atoms with Crippen LogP contribution in [-0.2, 0) is 20.3 Å². The van der Waals surface area contributed by atoms with Crippen molar-refractivity contribution >= 4 is 23.2 Å². The summed E-state index contributed by atoms with van der Waals surface area (Å²) in [7, 11) is 1.79. The van der Waals surface area contributed by atoms with Crippen molar-refractivity contribution in [3.05, 3.63) is 96.3 Å². The highest BCUT2D eigenvalue weighted by atomic mass is 16.5. The molecule has 0 aliphatic heterocycles. The van der Waals surface area contributed by atoms with Crippen LogP contribution >= 0.6 is 0 Å². The van der Waals surface area contributed by atoms with Crippen LogP contribution in [0.25, 0.3) is 11.1 Å². The minimum atomic E-state index is -0.469. The smallest absolute Gasteiger partial charge is 0.276 e. The van der Waals surface area contributed by atoms with Gasteiger partial charge in [-0.25, -0.2) is 4.68 Å². The van der Waals surface area contributed by atoms with E-state index in [2.05, 4.69) is 38.1 Å². The van der Waals surface area contributed by atoms with Crippen LogP contribution in [0.15, 0.2) is 79.3 Å². The number of rotatable bonds is 9. The van der Waals surface area contributed by atoms with Gasteiger partial charge in [-0.1, -0.05) is 42.5 Å². The number of hydrogen-bond acceptors (Lipinski definition) is 6. The van der Waals surface area contributed by atoms with Gasteiger partial charge in [-0.2, -0.15) is 15.3 Å². The Labute approximate surface area is 225 Å². The van der Waals surface area contributed by atoms with Gasteiger partial charge >= 0.3 is 0 Å². The number of aromatic nitrogens is 6. The molecule has 0 bridgehead atoms. The molecule has 198 valence electrons. The fourth-order valence-corrected chi connectivity index (χ4v) is 4.01. The number of hydrogen-bond donors (Lipinski definition) is 2. The van der Waals surface area contributed by atoms with E-state index in [0.717, 1.165) is 16.8 Å². The first-order valence-electron chi connectivity index (χ1n) is 12.4. The van der Waals surface area contributed by atoms with Crippen molar-refractivity contribution in [1.29, 1.82) is 0 Å². The van der Waals surface area contributed by atoms with E-state index in [1.54, 1.807) is 30.2 Å². The van der Waals surface area contributed by atoms with Crippen LogP contribution in [0.2, 0.25) is 0 Å². The number of anilines is 2. The van der Waals surface area contributed by atoms with Gasteiger partial charge in [-0.05, 0) is 43.2 Å². The molecule has 0 unspecified atom stereocenters. The first-order valence-corrected chi connectivity index (χ1v) is 12.4. The van der Waals surface area contributed by atoms with Crippen molar-refractivity contribution in [2.24, 2.45) is 7.05 Å². The number of ether oxygens (including phenoxy) is 1. The van der Waals surface area contributed by atoms with Gasteiger partial charge in [-0.3, -0.25) is 19.0 Å². The lowest BCUT2D eigenvalue weighted by molar-refractivity contribution is 0.101. The maximum Gasteiger partial charge on any atom is 0.276 e. The third-order valence-electron chi connectivity index (χ3n) is 6.28. The third-order valence-corrected chi connectivity index (χ3v) is 6.28. The monoisotopic (exact) mass is 524 g/mol. The van der Waals surface area contributed by atoms with E-state index < -0.39 is 11.8 Å². The van der Waals surface area contributed by atoms with E-state index in [-0.39, 0.29) is 23.8 Å². The first-order chi connectivity index (χ1) is 18.9.